The molecule has 12 heteroatoms. The van der Waals surface area contributed by atoms with Gasteiger partial charge in [0.05, 0.1) is 0 Å². The van der Waals surface area contributed by atoms with Crippen molar-refractivity contribution >= 4 is 65.4 Å². The van der Waals surface area contributed by atoms with E-state index in [1.807, 2.05) is 213 Å². The molecule has 9 aromatic heterocycles. The summed E-state index contributed by atoms with van der Waals surface area (Å²) in [6.07, 6.45) is 11.4. The number of pyridine rings is 6. The number of nitrogens with zero attached hydrogens (tertiary/aromatic N) is 9. The van der Waals surface area contributed by atoms with Gasteiger partial charge in [-0.3, -0.25) is 0 Å². The molecule has 0 unspecified atom stereocenters. The average molecular weight is 2220 g/mol. The molecule has 0 amide bonds. The Morgan fingerprint density at radius 2 is 0.631 bits per heavy atom. The molecule has 21 aromatic rings. The normalized spacial score (nSPS) is 10.8. The van der Waals surface area contributed by atoms with E-state index >= 15 is 0 Å². The summed E-state index contributed by atoms with van der Waals surface area (Å²) in [6.45, 7) is 25.0. The maximum absolute atomic E-state index is 4.61. The Morgan fingerprint density at radius 3 is 1.05 bits per heavy atom. The molecule has 0 N–H and O–H groups in total. The maximum atomic E-state index is 4.61. The molecule has 0 bridgehead atoms. The van der Waals surface area contributed by atoms with Gasteiger partial charge >= 0.3 is 0 Å². The fourth-order valence-corrected chi connectivity index (χ4v) is 16.4. The average Bonchev–Trinajstić information content (AvgIpc) is 1.60. The second-order valence-electron chi connectivity index (χ2n) is 33.2. The quantitative estimate of drug-likeness (QED) is 0.0950. The number of rotatable bonds is 15. The van der Waals surface area contributed by atoms with Crippen LogP contribution in [0.1, 0.15) is 63.8 Å². The minimum absolute atomic E-state index is 0. The number of benzene rings is 12. The molecule has 0 fully saturated rings. The van der Waals surface area contributed by atoms with E-state index in [2.05, 4.69) is 313 Å². The van der Waals surface area contributed by atoms with Gasteiger partial charge in [-0.15, -0.1) is 179 Å². The molecule has 21 rings (SSSR count). The van der Waals surface area contributed by atoms with Crippen molar-refractivity contribution in [2.24, 2.45) is 17.8 Å². The summed E-state index contributed by atoms with van der Waals surface area (Å²) in [5, 5.41) is 7.72. The topological polar surface area (TPSA) is 92.1 Å². The third kappa shape index (κ3) is 22.6. The van der Waals surface area contributed by atoms with Gasteiger partial charge in [0.15, 0.2) is 0 Å². The van der Waals surface area contributed by atoms with Crippen LogP contribution in [-0.2, 0) is 80.0 Å². The second-order valence-corrected chi connectivity index (χ2v) is 33.2. The number of hydrogen-bond donors (Lipinski definition) is 0. The van der Waals surface area contributed by atoms with Crippen molar-refractivity contribution in [1.29, 1.82) is 0 Å². The summed E-state index contributed by atoms with van der Waals surface area (Å²) in [7, 11) is 0. The van der Waals surface area contributed by atoms with Crippen LogP contribution in [-0.4, -0.2) is 43.6 Å². The van der Waals surface area contributed by atoms with E-state index in [1.54, 1.807) is 0 Å². The standard InChI is InChI=1S/C22H21N2.2C21H19N2.3C18H14N.3Ir/c1-15(2)14-24-21-10-5-4-7-17(21)18-8-6-9-19(22(18)24)20-13-16(3)11-12-23-20;1-15(2)14-23-20-9-4-3-7-17(20)18-13-16(10-11-21(18)23)19-8-5-6-12-22-19;1-15(2)14-23-20-9-4-3-7-17(20)18-11-10-16(13-21(18)23)19-8-5-6-12-22-19;3*1-14-12-18(16-10-6-3-7-11-16)19-13-17(14)15-8-4-2-5-9-15;;;/h4-8,10-13,15H,14H2,1-3H3;2*3-9,11-13,15H,14H2,1-2H3;3*2-10,12-13H,1H3;;;/q6*-1;;;. The first-order chi connectivity index (χ1) is 62.2. The van der Waals surface area contributed by atoms with Gasteiger partial charge in [-0.2, -0.15) is 0 Å². The van der Waals surface area contributed by atoms with E-state index in [0.717, 1.165) is 87.2 Å². The van der Waals surface area contributed by atoms with Gasteiger partial charge in [0.25, 0.3) is 0 Å². The smallest absolute Gasteiger partial charge is 0.0391 e. The van der Waals surface area contributed by atoms with E-state index in [4.69, 9.17) is 0 Å². The molecule has 3 radical (unpaired) electrons. The van der Waals surface area contributed by atoms with Gasteiger partial charge in [0.2, 0.25) is 0 Å². The summed E-state index contributed by atoms with van der Waals surface area (Å²) < 4.78 is 7.27. The fraction of sp³-hybridized carbons (Fsp3) is 0.136. The van der Waals surface area contributed by atoms with E-state index in [9.17, 15) is 0 Å². The van der Waals surface area contributed by atoms with E-state index < -0.39 is 0 Å². The molecule has 12 aromatic carbocycles. The SMILES string of the molecule is CC(C)Cn1c2c[c-]c(-c3ccccn3)cc2c2ccccc21.CC(C)Cn1c2ccccc2c2c[c-]c(-c3ccccn3)cc21.Cc1cc(-c2[c-]cccc2)ncc1-c1ccccc1.Cc1cc(-c2[c-]cccc2)ncc1-c1ccccc1.Cc1cc(-c2[c-]cccc2)ncc1-c1ccccc1.Cc1ccnc(-c2[c-]ccc3c4ccccc4n(CC(C)C)c23)c1.[Ir].[Ir].[Ir]. The number of hydrogen-bond acceptors (Lipinski definition) is 6. The summed E-state index contributed by atoms with van der Waals surface area (Å²) in [4.78, 5) is 27.2. The fourth-order valence-electron chi connectivity index (χ4n) is 16.4. The van der Waals surface area contributed by atoms with Gasteiger partial charge < -0.3 is 43.6 Å². The Bertz CT molecular complexity index is 6930. The molecule has 0 saturated heterocycles. The summed E-state index contributed by atoms with van der Waals surface area (Å²) in [5.74, 6) is 1.77. The summed E-state index contributed by atoms with van der Waals surface area (Å²) in [5.41, 5.74) is 31.8. The van der Waals surface area contributed by atoms with Gasteiger partial charge in [0.1, 0.15) is 0 Å². The van der Waals surface area contributed by atoms with Crippen molar-refractivity contribution in [3.63, 3.8) is 0 Å². The molecule has 9 heterocycles. The van der Waals surface area contributed by atoms with Crippen LogP contribution in [0.25, 0.3) is 166 Å². The molecule has 0 aliphatic heterocycles. The van der Waals surface area contributed by atoms with Crippen LogP contribution in [0.2, 0.25) is 0 Å². The van der Waals surface area contributed by atoms with Crippen LogP contribution in [0.15, 0.2) is 377 Å². The van der Waals surface area contributed by atoms with Crippen molar-refractivity contribution in [1.82, 2.24) is 43.6 Å². The van der Waals surface area contributed by atoms with Crippen LogP contribution < -0.4 is 0 Å². The molecular weight excluding hydrogens is 2120 g/mol. The first-order valence-corrected chi connectivity index (χ1v) is 43.7. The predicted molar refractivity (Wildman–Crippen MR) is 530 cm³/mol. The zero-order chi connectivity index (χ0) is 87.5. The Labute approximate surface area is 805 Å². The van der Waals surface area contributed by atoms with Crippen molar-refractivity contribution in [2.75, 3.05) is 0 Å². The van der Waals surface area contributed by atoms with Crippen molar-refractivity contribution in [2.45, 2.75) is 88.9 Å². The monoisotopic (exact) mass is 2220 g/mol. The molecule has 0 aliphatic rings. The Morgan fingerprint density at radius 1 is 0.254 bits per heavy atom. The van der Waals surface area contributed by atoms with Crippen LogP contribution >= 0.6 is 0 Å². The maximum Gasteiger partial charge on any atom is 0.0391 e. The van der Waals surface area contributed by atoms with Crippen LogP contribution in [0, 0.1) is 81.8 Å². The van der Waals surface area contributed by atoms with E-state index in [0.29, 0.717) is 17.8 Å². The third-order valence-corrected chi connectivity index (χ3v) is 22.4. The zero-order valence-electron chi connectivity index (χ0n) is 74.7. The molecule has 0 aliphatic carbocycles. The molecule has 130 heavy (non-hydrogen) atoms. The second kappa shape index (κ2) is 45.2. The largest absolute Gasteiger partial charge is 0.380 e. The van der Waals surface area contributed by atoms with Gasteiger partial charge in [-0.05, 0) is 182 Å². The van der Waals surface area contributed by atoms with Crippen LogP contribution in [0.3, 0.4) is 0 Å². The number of aromatic nitrogens is 9. The molecule has 0 spiro atoms. The van der Waals surface area contributed by atoms with Gasteiger partial charge in [0, 0.05) is 150 Å². The molecule has 0 saturated carbocycles. The van der Waals surface area contributed by atoms with Crippen molar-refractivity contribution in [3.8, 4) is 101 Å². The number of fused-ring (bicyclic) bond motifs is 9. The third-order valence-electron chi connectivity index (χ3n) is 22.4. The number of aryl methyl sites for hydroxylation is 4. The molecule has 651 valence electrons. The van der Waals surface area contributed by atoms with E-state index in [1.165, 1.54) is 121 Å². The molecule has 0 atom stereocenters. The Kier molecular flexibility index (Phi) is 32.9. The van der Waals surface area contributed by atoms with E-state index in [-0.39, 0.29) is 60.3 Å². The first-order valence-electron chi connectivity index (χ1n) is 43.7. The Hall–Kier alpha value is -13.1. The first kappa shape index (κ1) is 94.5. The summed E-state index contributed by atoms with van der Waals surface area (Å²) >= 11 is 0. The zero-order valence-corrected chi connectivity index (χ0v) is 81.9. The van der Waals surface area contributed by atoms with Crippen LogP contribution in [0.4, 0.5) is 0 Å². The number of para-hydroxylation sites is 3. The Balaban J connectivity index is 0.000000133. The minimum atomic E-state index is 0. The molecule has 9 nitrogen and oxygen atoms in total. The summed E-state index contributed by atoms with van der Waals surface area (Å²) in [6, 6.07) is 136. The van der Waals surface area contributed by atoms with Crippen molar-refractivity contribution < 1.29 is 60.3 Å². The van der Waals surface area contributed by atoms with Gasteiger partial charge in [-0.25, -0.2) is 0 Å². The minimum Gasteiger partial charge on any atom is -0.380 e. The predicted octanol–water partition coefficient (Wildman–Crippen LogP) is 29.8. The van der Waals surface area contributed by atoms with Crippen molar-refractivity contribution in [3.05, 3.63) is 436 Å². The molecular formula is C118H101Ir3N9-6. The van der Waals surface area contributed by atoms with Gasteiger partial charge in [-0.1, -0.05) is 257 Å². The van der Waals surface area contributed by atoms with Crippen LogP contribution in [0.5, 0.6) is 0 Å².